The van der Waals surface area contributed by atoms with Crippen molar-refractivity contribution >= 4 is 11.6 Å². The van der Waals surface area contributed by atoms with E-state index in [9.17, 15) is 4.79 Å². The zero-order valence-corrected chi connectivity index (χ0v) is 19.0. The summed E-state index contributed by atoms with van der Waals surface area (Å²) in [6, 6.07) is 7.58. The number of carbonyl (C=O) groups excluding carboxylic acids is 1. The molecule has 33 heavy (non-hydrogen) atoms. The number of piperazine rings is 1. The van der Waals surface area contributed by atoms with Gasteiger partial charge < -0.3 is 28.7 Å². The minimum Gasteiger partial charge on any atom is -0.497 e. The van der Waals surface area contributed by atoms with Crippen molar-refractivity contribution in [2.75, 3.05) is 71.1 Å². The summed E-state index contributed by atoms with van der Waals surface area (Å²) in [5.41, 5.74) is 1.80. The third-order valence-corrected chi connectivity index (χ3v) is 6.30. The SMILES string of the molecule is COc1ccc2c(c1)N(CCCN1CCN(Cc3cc4c(cn3)OCCO4)CC1)C(=O)CO2. The lowest BCUT2D eigenvalue weighted by atomic mass is 10.2. The van der Waals surface area contributed by atoms with E-state index in [1.54, 1.807) is 13.3 Å². The molecule has 176 valence electrons. The fraction of sp³-hybridized carbons (Fsp3) is 0.500. The second-order valence-corrected chi connectivity index (χ2v) is 8.46. The highest BCUT2D eigenvalue weighted by Gasteiger charge is 2.26. The van der Waals surface area contributed by atoms with Gasteiger partial charge in [0.1, 0.15) is 24.7 Å². The van der Waals surface area contributed by atoms with Gasteiger partial charge in [-0.3, -0.25) is 14.7 Å². The molecular weight excluding hydrogens is 424 g/mol. The molecule has 0 unspecified atom stereocenters. The van der Waals surface area contributed by atoms with Crippen molar-refractivity contribution in [2.24, 2.45) is 0 Å². The summed E-state index contributed by atoms with van der Waals surface area (Å²) in [4.78, 5) is 23.7. The van der Waals surface area contributed by atoms with Crippen LogP contribution in [-0.2, 0) is 11.3 Å². The first kappa shape index (κ1) is 21.8. The van der Waals surface area contributed by atoms with Crippen molar-refractivity contribution in [3.8, 4) is 23.0 Å². The average molecular weight is 455 g/mol. The molecule has 0 radical (unpaired) electrons. The van der Waals surface area contributed by atoms with E-state index < -0.39 is 0 Å². The van der Waals surface area contributed by atoms with Crippen LogP contribution in [0.2, 0.25) is 0 Å². The third-order valence-electron chi connectivity index (χ3n) is 6.30. The molecule has 3 aliphatic rings. The Labute approximate surface area is 193 Å². The van der Waals surface area contributed by atoms with E-state index in [1.165, 1.54) is 0 Å². The summed E-state index contributed by atoms with van der Waals surface area (Å²) in [7, 11) is 1.63. The highest BCUT2D eigenvalue weighted by atomic mass is 16.6. The molecule has 0 bridgehead atoms. The molecule has 9 nitrogen and oxygen atoms in total. The molecule has 4 heterocycles. The first-order valence-electron chi connectivity index (χ1n) is 11.5. The molecule has 2 aromatic rings. The van der Waals surface area contributed by atoms with Crippen molar-refractivity contribution in [3.05, 3.63) is 36.2 Å². The topological polar surface area (TPSA) is 76.6 Å². The van der Waals surface area contributed by atoms with Crippen LogP contribution in [-0.4, -0.2) is 86.9 Å². The quantitative estimate of drug-likeness (QED) is 0.627. The van der Waals surface area contributed by atoms with E-state index in [0.717, 1.165) is 80.1 Å². The zero-order valence-electron chi connectivity index (χ0n) is 19.0. The van der Waals surface area contributed by atoms with Crippen molar-refractivity contribution in [3.63, 3.8) is 0 Å². The fourth-order valence-electron chi connectivity index (χ4n) is 4.48. The van der Waals surface area contributed by atoms with Crippen LogP contribution in [0.5, 0.6) is 23.0 Å². The molecule has 0 N–H and O–H groups in total. The van der Waals surface area contributed by atoms with E-state index in [4.69, 9.17) is 18.9 Å². The molecule has 0 aliphatic carbocycles. The average Bonchev–Trinajstić information content (AvgIpc) is 2.86. The highest BCUT2D eigenvalue weighted by molar-refractivity contribution is 5.98. The molecule has 0 atom stereocenters. The lowest BCUT2D eigenvalue weighted by Gasteiger charge is -2.35. The maximum absolute atomic E-state index is 12.5. The molecule has 1 fully saturated rings. The summed E-state index contributed by atoms with van der Waals surface area (Å²) in [6.45, 7) is 7.69. The Morgan fingerprint density at radius 1 is 0.939 bits per heavy atom. The molecule has 9 heteroatoms. The van der Waals surface area contributed by atoms with Crippen molar-refractivity contribution < 1.29 is 23.7 Å². The van der Waals surface area contributed by atoms with Crippen molar-refractivity contribution in [1.29, 1.82) is 0 Å². The largest absolute Gasteiger partial charge is 0.497 e. The number of benzene rings is 1. The molecule has 5 rings (SSSR count). The van der Waals surface area contributed by atoms with Gasteiger partial charge in [0.15, 0.2) is 18.1 Å². The number of ether oxygens (including phenoxy) is 4. The van der Waals surface area contributed by atoms with Gasteiger partial charge in [-0.05, 0) is 25.1 Å². The lowest BCUT2D eigenvalue weighted by Crippen LogP contribution is -2.47. The van der Waals surface area contributed by atoms with Crippen LogP contribution in [0, 0.1) is 0 Å². The van der Waals surface area contributed by atoms with E-state index in [1.807, 2.05) is 29.2 Å². The minimum atomic E-state index is -0.00694. The number of pyridine rings is 1. The van der Waals surface area contributed by atoms with E-state index in [-0.39, 0.29) is 12.5 Å². The fourth-order valence-corrected chi connectivity index (χ4v) is 4.48. The van der Waals surface area contributed by atoms with Crippen LogP contribution in [0.25, 0.3) is 0 Å². The Kier molecular flexibility index (Phi) is 6.50. The summed E-state index contributed by atoms with van der Waals surface area (Å²) < 4.78 is 22.1. The van der Waals surface area contributed by atoms with Crippen LogP contribution in [0.3, 0.4) is 0 Å². The summed E-state index contributed by atoms with van der Waals surface area (Å²) in [5, 5.41) is 0. The molecule has 0 saturated carbocycles. The Bertz CT molecular complexity index is 993. The van der Waals surface area contributed by atoms with Crippen molar-refractivity contribution in [1.82, 2.24) is 14.8 Å². The zero-order chi connectivity index (χ0) is 22.6. The lowest BCUT2D eigenvalue weighted by molar-refractivity contribution is -0.121. The summed E-state index contributed by atoms with van der Waals surface area (Å²) in [6.07, 6.45) is 2.67. The van der Waals surface area contributed by atoms with Crippen LogP contribution in [0.15, 0.2) is 30.5 Å². The predicted molar refractivity (Wildman–Crippen MR) is 122 cm³/mol. The van der Waals surface area contributed by atoms with E-state index in [0.29, 0.717) is 19.8 Å². The number of nitrogens with zero attached hydrogens (tertiary/aromatic N) is 4. The molecular formula is C24H30N4O5. The van der Waals surface area contributed by atoms with Gasteiger partial charge in [-0.25, -0.2) is 0 Å². The van der Waals surface area contributed by atoms with Crippen LogP contribution in [0.4, 0.5) is 5.69 Å². The minimum absolute atomic E-state index is 0.00694. The standard InChI is InChI=1S/C24H30N4O5/c1-30-19-3-4-21-20(14-19)28(24(29)17-33-21)6-2-5-26-7-9-27(10-8-26)16-18-13-22-23(15-25-18)32-12-11-31-22/h3-4,13-15H,2,5-12,16-17H2,1H3. The smallest absolute Gasteiger partial charge is 0.265 e. The Morgan fingerprint density at radius 3 is 2.55 bits per heavy atom. The van der Waals surface area contributed by atoms with Crippen LogP contribution >= 0.6 is 0 Å². The van der Waals surface area contributed by atoms with Crippen LogP contribution in [0.1, 0.15) is 12.1 Å². The van der Waals surface area contributed by atoms with Gasteiger partial charge in [-0.2, -0.15) is 0 Å². The second kappa shape index (κ2) is 9.84. The van der Waals surface area contributed by atoms with Crippen LogP contribution < -0.4 is 23.8 Å². The molecule has 1 amide bonds. The van der Waals surface area contributed by atoms with Gasteiger partial charge in [0.2, 0.25) is 0 Å². The number of methoxy groups -OCH3 is 1. The number of fused-ring (bicyclic) bond motifs is 2. The highest BCUT2D eigenvalue weighted by Crippen LogP contribution is 2.35. The monoisotopic (exact) mass is 454 g/mol. The Balaban J connectivity index is 1.09. The van der Waals surface area contributed by atoms with Gasteiger partial charge in [0, 0.05) is 51.4 Å². The predicted octanol–water partition coefficient (Wildman–Crippen LogP) is 1.79. The van der Waals surface area contributed by atoms with Gasteiger partial charge in [0.05, 0.1) is 24.7 Å². The van der Waals surface area contributed by atoms with Crippen molar-refractivity contribution in [2.45, 2.75) is 13.0 Å². The van der Waals surface area contributed by atoms with Gasteiger partial charge >= 0.3 is 0 Å². The first-order valence-corrected chi connectivity index (χ1v) is 11.5. The summed E-state index contributed by atoms with van der Waals surface area (Å²) >= 11 is 0. The summed E-state index contributed by atoms with van der Waals surface area (Å²) in [5.74, 6) is 2.97. The maximum atomic E-state index is 12.5. The number of amides is 1. The molecule has 3 aliphatic heterocycles. The number of anilines is 1. The Hall–Kier alpha value is -3.04. The number of hydrogen-bond acceptors (Lipinski definition) is 8. The molecule has 1 saturated heterocycles. The second-order valence-electron chi connectivity index (χ2n) is 8.46. The third kappa shape index (κ3) is 4.99. The number of carbonyl (C=O) groups is 1. The number of aromatic nitrogens is 1. The molecule has 0 spiro atoms. The Morgan fingerprint density at radius 2 is 1.73 bits per heavy atom. The first-order chi connectivity index (χ1) is 16.2. The molecule has 1 aromatic carbocycles. The molecule has 1 aromatic heterocycles. The van der Waals surface area contributed by atoms with Gasteiger partial charge in [0.25, 0.3) is 5.91 Å². The number of hydrogen-bond donors (Lipinski definition) is 0. The van der Waals surface area contributed by atoms with Gasteiger partial charge in [-0.15, -0.1) is 0 Å². The van der Waals surface area contributed by atoms with Gasteiger partial charge in [-0.1, -0.05) is 0 Å². The maximum Gasteiger partial charge on any atom is 0.265 e. The number of rotatable bonds is 7. The van der Waals surface area contributed by atoms with E-state index >= 15 is 0 Å². The normalized spacial score (nSPS) is 18.6. The van der Waals surface area contributed by atoms with E-state index in [2.05, 4.69) is 14.8 Å².